The standard InChI is InChI=1S/C56H42N2.C2H6/c1-3-13-41(14-4-1)43-25-33-49(34-26-43)57(55-23-11-19-47-17-7-9-21-53(47)55)51-37-29-45(30-38-51)46-31-39-52(40-32-46)58(56-24-12-20-48-18-8-10-22-54(48)56)50-35-27-44(28-36-50)42-15-5-2-6-16-42;1-2/h1-15,17-40,42H,16H2;1-2H3. The molecule has 0 aliphatic heterocycles. The molecule has 2 heteroatoms. The van der Waals surface area contributed by atoms with Gasteiger partial charge in [0.25, 0.3) is 0 Å². The SMILES string of the molecule is C1=CCC(c2ccc(N(c3ccc(-c4ccc(N(c5ccc(-c6ccccc6)cc5)c5cccc6ccccc56)cc4)cc3)c3cccc4ccccc34)cc2)C=C1.CC. The van der Waals surface area contributed by atoms with E-state index in [2.05, 4.69) is 246 Å². The zero-order chi connectivity index (χ0) is 40.7. The van der Waals surface area contributed by atoms with E-state index in [1.165, 1.54) is 49.4 Å². The fourth-order valence-electron chi connectivity index (χ4n) is 8.40. The predicted octanol–water partition coefficient (Wildman–Crippen LogP) is 16.9. The van der Waals surface area contributed by atoms with Crippen LogP contribution in [-0.2, 0) is 0 Å². The van der Waals surface area contributed by atoms with Crippen LogP contribution in [0.4, 0.5) is 34.1 Å². The van der Waals surface area contributed by atoms with E-state index in [4.69, 9.17) is 0 Å². The summed E-state index contributed by atoms with van der Waals surface area (Å²) in [6.07, 6.45) is 9.88. The first-order valence-electron chi connectivity index (χ1n) is 21.1. The third-order valence-electron chi connectivity index (χ3n) is 11.4. The molecule has 290 valence electrons. The van der Waals surface area contributed by atoms with Gasteiger partial charge in [0.05, 0.1) is 11.4 Å². The first-order chi connectivity index (χ1) is 29.8. The van der Waals surface area contributed by atoms with E-state index < -0.39 is 0 Å². The molecule has 0 radical (unpaired) electrons. The number of fused-ring (bicyclic) bond motifs is 2. The Balaban J connectivity index is 0.00000228. The van der Waals surface area contributed by atoms with E-state index in [-0.39, 0.29) is 0 Å². The number of anilines is 6. The molecule has 9 aromatic carbocycles. The van der Waals surface area contributed by atoms with Gasteiger partial charge in [-0.25, -0.2) is 0 Å². The summed E-state index contributed by atoms with van der Waals surface area (Å²) < 4.78 is 0. The summed E-state index contributed by atoms with van der Waals surface area (Å²) in [6.45, 7) is 4.00. The molecule has 1 atom stereocenters. The van der Waals surface area contributed by atoms with Gasteiger partial charge in [-0.3, -0.25) is 0 Å². The first-order valence-corrected chi connectivity index (χ1v) is 21.1. The van der Waals surface area contributed by atoms with Gasteiger partial charge in [-0.1, -0.05) is 190 Å². The zero-order valence-corrected chi connectivity index (χ0v) is 34.2. The van der Waals surface area contributed by atoms with E-state index in [9.17, 15) is 0 Å². The lowest BCUT2D eigenvalue weighted by molar-refractivity contribution is 0.854. The Hall–Kier alpha value is -7.42. The maximum Gasteiger partial charge on any atom is 0.0540 e. The molecule has 0 saturated heterocycles. The third kappa shape index (κ3) is 7.76. The molecule has 0 saturated carbocycles. The van der Waals surface area contributed by atoms with Crippen molar-refractivity contribution in [1.29, 1.82) is 0 Å². The van der Waals surface area contributed by atoms with Gasteiger partial charge in [0, 0.05) is 39.4 Å². The highest BCUT2D eigenvalue weighted by molar-refractivity contribution is 6.00. The molecule has 0 N–H and O–H groups in total. The second-order valence-corrected chi connectivity index (χ2v) is 14.9. The van der Waals surface area contributed by atoms with Gasteiger partial charge >= 0.3 is 0 Å². The number of nitrogens with zero attached hydrogens (tertiary/aromatic N) is 2. The molecule has 9 aromatic rings. The van der Waals surface area contributed by atoms with Crippen LogP contribution >= 0.6 is 0 Å². The Bertz CT molecular complexity index is 2880. The molecule has 10 rings (SSSR count). The van der Waals surface area contributed by atoms with Crippen molar-refractivity contribution in [2.24, 2.45) is 0 Å². The lowest BCUT2D eigenvalue weighted by atomic mass is 9.92. The van der Waals surface area contributed by atoms with Crippen LogP contribution in [0.15, 0.2) is 237 Å². The molecule has 2 nitrogen and oxygen atoms in total. The van der Waals surface area contributed by atoms with Crippen LogP contribution in [0.1, 0.15) is 31.7 Å². The Labute approximate surface area is 354 Å². The molecular weight excluding hydrogens is 725 g/mol. The highest BCUT2D eigenvalue weighted by Crippen LogP contribution is 2.42. The summed E-state index contributed by atoms with van der Waals surface area (Å²) in [5.41, 5.74) is 12.9. The van der Waals surface area contributed by atoms with Gasteiger partial charge < -0.3 is 9.80 Å². The van der Waals surface area contributed by atoms with Crippen LogP contribution in [-0.4, -0.2) is 0 Å². The van der Waals surface area contributed by atoms with E-state index in [0.717, 1.165) is 40.5 Å². The lowest BCUT2D eigenvalue weighted by Crippen LogP contribution is -2.11. The van der Waals surface area contributed by atoms with Gasteiger partial charge in [0.2, 0.25) is 0 Å². The highest BCUT2D eigenvalue weighted by Gasteiger charge is 2.18. The molecule has 0 bridgehead atoms. The predicted molar refractivity (Wildman–Crippen MR) is 259 cm³/mol. The number of benzene rings is 9. The van der Waals surface area contributed by atoms with Crippen LogP contribution in [0.25, 0.3) is 43.8 Å². The van der Waals surface area contributed by atoms with Crippen molar-refractivity contribution in [2.75, 3.05) is 9.80 Å². The molecule has 1 aliphatic carbocycles. The minimum atomic E-state index is 0.412. The zero-order valence-electron chi connectivity index (χ0n) is 34.2. The van der Waals surface area contributed by atoms with Crippen LogP contribution < -0.4 is 9.80 Å². The summed E-state index contributed by atoms with van der Waals surface area (Å²) in [7, 11) is 0. The molecular formula is C58H48N2. The van der Waals surface area contributed by atoms with Crippen molar-refractivity contribution in [2.45, 2.75) is 26.2 Å². The van der Waals surface area contributed by atoms with Crippen molar-refractivity contribution in [3.05, 3.63) is 242 Å². The largest absolute Gasteiger partial charge is 0.310 e. The van der Waals surface area contributed by atoms with E-state index in [0.29, 0.717) is 5.92 Å². The lowest BCUT2D eigenvalue weighted by Gasteiger charge is -2.28. The number of hydrogen-bond donors (Lipinski definition) is 0. The molecule has 1 aliphatic rings. The Morgan fingerprint density at radius 1 is 0.350 bits per heavy atom. The van der Waals surface area contributed by atoms with E-state index in [1.807, 2.05) is 13.8 Å². The van der Waals surface area contributed by atoms with Crippen molar-refractivity contribution in [1.82, 2.24) is 0 Å². The van der Waals surface area contributed by atoms with E-state index >= 15 is 0 Å². The first kappa shape index (κ1) is 38.1. The number of allylic oxidation sites excluding steroid dienone is 4. The van der Waals surface area contributed by atoms with Crippen LogP contribution in [0, 0.1) is 0 Å². The molecule has 0 heterocycles. The number of hydrogen-bond acceptors (Lipinski definition) is 2. The maximum absolute atomic E-state index is 2.39. The number of rotatable bonds is 9. The minimum Gasteiger partial charge on any atom is -0.310 e. The van der Waals surface area contributed by atoms with Gasteiger partial charge in [0.15, 0.2) is 0 Å². The fraction of sp³-hybridized carbons (Fsp3) is 0.0690. The second kappa shape index (κ2) is 17.6. The highest BCUT2D eigenvalue weighted by atomic mass is 15.1. The summed E-state index contributed by atoms with van der Waals surface area (Å²) in [6, 6.07) is 77.0. The Kier molecular flexibility index (Phi) is 11.2. The topological polar surface area (TPSA) is 6.48 Å². The normalized spacial score (nSPS) is 13.1. The summed E-state index contributed by atoms with van der Waals surface area (Å²) in [5.74, 6) is 0.412. The Morgan fingerprint density at radius 3 is 1.17 bits per heavy atom. The molecule has 0 fully saturated rings. The summed E-state index contributed by atoms with van der Waals surface area (Å²) >= 11 is 0. The van der Waals surface area contributed by atoms with Crippen molar-refractivity contribution in [3.8, 4) is 22.3 Å². The van der Waals surface area contributed by atoms with Gasteiger partial charge in [0.1, 0.15) is 0 Å². The minimum absolute atomic E-state index is 0.412. The molecule has 1 unspecified atom stereocenters. The van der Waals surface area contributed by atoms with Crippen molar-refractivity contribution < 1.29 is 0 Å². The van der Waals surface area contributed by atoms with Crippen LogP contribution in [0.5, 0.6) is 0 Å². The van der Waals surface area contributed by atoms with Crippen molar-refractivity contribution in [3.63, 3.8) is 0 Å². The average molecular weight is 773 g/mol. The van der Waals surface area contributed by atoms with Gasteiger partial charge in [-0.15, -0.1) is 0 Å². The van der Waals surface area contributed by atoms with Gasteiger partial charge in [-0.05, 0) is 106 Å². The molecule has 0 spiro atoms. The molecule has 60 heavy (non-hydrogen) atoms. The quantitative estimate of drug-likeness (QED) is 0.144. The fourth-order valence-corrected chi connectivity index (χ4v) is 8.40. The third-order valence-corrected chi connectivity index (χ3v) is 11.4. The summed E-state index contributed by atoms with van der Waals surface area (Å²) in [4.78, 5) is 4.76. The summed E-state index contributed by atoms with van der Waals surface area (Å²) in [5, 5.41) is 4.88. The second-order valence-electron chi connectivity index (χ2n) is 14.9. The Morgan fingerprint density at radius 2 is 0.733 bits per heavy atom. The van der Waals surface area contributed by atoms with Crippen LogP contribution in [0.3, 0.4) is 0 Å². The van der Waals surface area contributed by atoms with Crippen molar-refractivity contribution >= 4 is 55.7 Å². The van der Waals surface area contributed by atoms with Crippen LogP contribution in [0.2, 0.25) is 0 Å². The van der Waals surface area contributed by atoms with Gasteiger partial charge in [-0.2, -0.15) is 0 Å². The molecule has 0 aromatic heterocycles. The monoisotopic (exact) mass is 772 g/mol. The maximum atomic E-state index is 2.39. The molecule has 0 amide bonds. The van der Waals surface area contributed by atoms with E-state index in [1.54, 1.807) is 0 Å². The smallest absolute Gasteiger partial charge is 0.0540 e. The average Bonchev–Trinajstić information content (AvgIpc) is 3.34.